The standard InChI is InChI=1S/C21H22ClN3O4/c1-21(12-11-14-3-9-17(29-2)10-4-14)19(27)25(20(28)24-21)13-18(26)23-16-7-5-15(22)6-8-16/h3-10H,11-13H2,1-2H3,(H,23,26)(H,24,28)/t21-/m1/s1. The largest absolute Gasteiger partial charge is 0.497 e. The fraction of sp³-hybridized carbons (Fsp3) is 0.286. The number of ether oxygens (including phenoxy) is 1. The maximum absolute atomic E-state index is 12.8. The monoisotopic (exact) mass is 415 g/mol. The molecule has 1 fully saturated rings. The quantitative estimate of drug-likeness (QED) is 0.679. The van der Waals surface area contributed by atoms with Crippen LogP contribution in [-0.4, -0.2) is 41.9 Å². The van der Waals surface area contributed by atoms with E-state index >= 15 is 0 Å². The Morgan fingerprint density at radius 3 is 2.41 bits per heavy atom. The number of imide groups is 1. The lowest BCUT2D eigenvalue weighted by Crippen LogP contribution is -2.45. The Morgan fingerprint density at radius 1 is 1.14 bits per heavy atom. The van der Waals surface area contributed by atoms with Crippen molar-refractivity contribution >= 4 is 35.1 Å². The minimum Gasteiger partial charge on any atom is -0.497 e. The van der Waals surface area contributed by atoms with Gasteiger partial charge in [-0.25, -0.2) is 4.79 Å². The fourth-order valence-electron chi connectivity index (χ4n) is 3.12. The molecule has 1 aliphatic rings. The summed E-state index contributed by atoms with van der Waals surface area (Å²) in [6, 6.07) is 13.5. The maximum Gasteiger partial charge on any atom is 0.325 e. The zero-order valence-corrected chi connectivity index (χ0v) is 17.0. The third-order valence-corrected chi connectivity index (χ3v) is 5.10. The van der Waals surface area contributed by atoms with Gasteiger partial charge in [0.1, 0.15) is 17.8 Å². The predicted molar refractivity (Wildman–Crippen MR) is 110 cm³/mol. The maximum atomic E-state index is 12.8. The lowest BCUT2D eigenvalue weighted by Gasteiger charge is -2.21. The Morgan fingerprint density at radius 2 is 1.79 bits per heavy atom. The van der Waals surface area contributed by atoms with Crippen molar-refractivity contribution in [1.82, 2.24) is 10.2 Å². The number of rotatable bonds is 7. The van der Waals surface area contributed by atoms with Gasteiger partial charge in [0.2, 0.25) is 5.91 Å². The molecule has 2 aromatic carbocycles. The number of nitrogens with zero attached hydrogens (tertiary/aromatic N) is 1. The van der Waals surface area contributed by atoms with Crippen molar-refractivity contribution in [3.05, 3.63) is 59.1 Å². The molecule has 0 radical (unpaired) electrons. The van der Waals surface area contributed by atoms with Gasteiger partial charge < -0.3 is 15.4 Å². The average Bonchev–Trinajstić information content (AvgIpc) is 2.92. The molecule has 8 heteroatoms. The van der Waals surface area contributed by atoms with Gasteiger partial charge in [-0.15, -0.1) is 0 Å². The van der Waals surface area contributed by atoms with Crippen LogP contribution < -0.4 is 15.4 Å². The number of amides is 4. The van der Waals surface area contributed by atoms with Crippen LogP contribution in [-0.2, 0) is 16.0 Å². The van der Waals surface area contributed by atoms with Crippen LogP contribution in [0.5, 0.6) is 5.75 Å². The van der Waals surface area contributed by atoms with Crippen LogP contribution in [0, 0.1) is 0 Å². The minimum absolute atomic E-state index is 0.356. The van der Waals surface area contributed by atoms with Gasteiger partial charge in [0.25, 0.3) is 5.91 Å². The number of halogens is 1. The molecule has 0 bridgehead atoms. The SMILES string of the molecule is COc1ccc(CC[C@@]2(C)NC(=O)N(CC(=O)Nc3ccc(Cl)cc3)C2=O)cc1. The summed E-state index contributed by atoms with van der Waals surface area (Å²) < 4.78 is 5.14. The number of methoxy groups -OCH3 is 1. The van der Waals surface area contributed by atoms with Crippen molar-refractivity contribution in [2.75, 3.05) is 19.0 Å². The molecule has 0 aliphatic carbocycles. The van der Waals surface area contributed by atoms with E-state index in [1.807, 2.05) is 24.3 Å². The predicted octanol–water partition coefficient (Wildman–Crippen LogP) is 3.23. The highest BCUT2D eigenvalue weighted by atomic mass is 35.5. The Kier molecular flexibility index (Phi) is 6.08. The molecule has 1 atom stereocenters. The van der Waals surface area contributed by atoms with E-state index in [0.717, 1.165) is 16.2 Å². The molecular formula is C21H22ClN3O4. The summed E-state index contributed by atoms with van der Waals surface area (Å²) in [5.74, 6) is -0.124. The summed E-state index contributed by atoms with van der Waals surface area (Å²) in [7, 11) is 1.60. The van der Waals surface area contributed by atoms with E-state index in [2.05, 4.69) is 10.6 Å². The summed E-state index contributed by atoms with van der Waals surface area (Å²) in [5.41, 5.74) is 0.499. The summed E-state index contributed by atoms with van der Waals surface area (Å²) in [5, 5.41) is 5.91. The summed E-state index contributed by atoms with van der Waals surface area (Å²) >= 11 is 5.82. The average molecular weight is 416 g/mol. The highest BCUT2D eigenvalue weighted by Gasteiger charge is 2.47. The van der Waals surface area contributed by atoms with Crippen molar-refractivity contribution in [1.29, 1.82) is 0 Å². The second-order valence-corrected chi connectivity index (χ2v) is 7.49. The van der Waals surface area contributed by atoms with Gasteiger partial charge in [0.05, 0.1) is 7.11 Å². The van der Waals surface area contributed by atoms with Crippen molar-refractivity contribution in [2.24, 2.45) is 0 Å². The molecule has 1 heterocycles. The number of urea groups is 1. The van der Waals surface area contributed by atoms with E-state index in [0.29, 0.717) is 23.6 Å². The number of carbonyl (C=O) groups is 3. The molecule has 3 rings (SSSR count). The molecule has 2 aromatic rings. The van der Waals surface area contributed by atoms with Gasteiger partial charge in [-0.3, -0.25) is 14.5 Å². The molecule has 4 amide bonds. The summed E-state index contributed by atoms with van der Waals surface area (Å²) in [4.78, 5) is 38.3. The normalized spacial score (nSPS) is 18.5. The first-order chi connectivity index (χ1) is 13.8. The van der Waals surface area contributed by atoms with Gasteiger partial charge in [0.15, 0.2) is 0 Å². The van der Waals surface area contributed by atoms with Crippen molar-refractivity contribution < 1.29 is 19.1 Å². The third kappa shape index (κ3) is 4.86. The van der Waals surface area contributed by atoms with E-state index in [1.165, 1.54) is 0 Å². The Balaban J connectivity index is 1.59. The minimum atomic E-state index is -1.06. The first kappa shape index (κ1) is 20.7. The lowest BCUT2D eigenvalue weighted by atomic mass is 9.93. The van der Waals surface area contributed by atoms with Crippen LogP contribution in [0.15, 0.2) is 48.5 Å². The van der Waals surface area contributed by atoms with E-state index in [-0.39, 0.29) is 6.54 Å². The van der Waals surface area contributed by atoms with E-state index in [4.69, 9.17) is 16.3 Å². The smallest absolute Gasteiger partial charge is 0.325 e. The molecule has 0 aromatic heterocycles. The zero-order valence-electron chi connectivity index (χ0n) is 16.2. The molecule has 2 N–H and O–H groups in total. The van der Waals surface area contributed by atoms with Gasteiger partial charge in [-0.2, -0.15) is 0 Å². The second kappa shape index (κ2) is 8.53. The van der Waals surface area contributed by atoms with Crippen LogP contribution in [0.3, 0.4) is 0 Å². The molecule has 0 unspecified atom stereocenters. The topological polar surface area (TPSA) is 87.7 Å². The number of aryl methyl sites for hydroxylation is 1. The third-order valence-electron chi connectivity index (χ3n) is 4.85. The van der Waals surface area contributed by atoms with Gasteiger partial charge in [-0.05, 0) is 61.7 Å². The fourth-order valence-corrected chi connectivity index (χ4v) is 3.25. The Labute approximate surface area is 174 Å². The first-order valence-electron chi connectivity index (χ1n) is 9.13. The molecule has 0 saturated carbocycles. The number of nitrogens with one attached hydrogen (secondary N) is 2. The van der Waals surface area contributed by atoms with Crippen LogP contribution in [0.25, 0.3) is 0 Å². The van der Waals surface area contributed by atoms with Gasteiger partial charge in [0, 0.05) is 10.7 Å². The van der Waals surface area contributed by atoms with Crippen molar-refractivity contribution in [2.45, 2.75) is 25.3 Å². The summed E-state index contributed by atoms with van der Waals surface area (Å²) in [6.07, 6.45) is 1.01. The summed E-state index contributed by atoms with van der Waals surface area (Å²) in [6.45, 7) is 1.32. The molecular weight excluding hydrogens is 394 g/mol. The highest BCUT2D eigenvalue weighted by molar-refractivity contribution is 6.30. The molecule has 1 aliphatic heterocycles. The molecule has 0 spiro atoms. The zero-order chi connectivity index (χ0) is 21.0. The van der Waals surface area contributed by atoms with E-state index < -0.39 is 23.4 Å². The lowest BCUT2D eigenvalue weighted by molar-refractivity contribution is -0.133. The number of anilines is 1. The van der Waals surface area contributed by atoms with E-state index in [1.54, 1.807) is 38.3 Å². The van der Waals surface area contributed by atoms with Crippen LogP contribution in [0.2, 0.25) is 5.02 Å². The van der Waals surface area contributed by atoms with E-state index in [9.17, 15) is 14.4 Å². The molecule has 7 nitrogen and oxygen atoms in total. The number of hydrogen-bond acceptors (Lipinski definition) is 4. The van der Waals surface area contributed by atoms with Crippen LogP contribution >= 0.6 is 11.6 Å². The Bertz CT molecular complexity index is 915. The second-order valence-electron chi connectivity index (χ2n) is 7.06. The molecule has 152 valence electrons. The van der Waals surface area contributed by atoms with Crippen LogP contribution in [0.4, 0.5) is 10.5 Å². The van der Waals surface area contributed by atoms with Gasteiger partial charge in [-0.1, -0.05) is 23.7 Å². The van der Waals surface area contributed by atoms with Crippen molar-refractivity contribution in [3.8, 4) is 5.75 Å². The molecule has 1 saturated heterocycles. The number of benzene rings is 2. The van der Waals surface area contributed by atoms with Crippen LogP contribution in [0.1, 0.15) is 18.9 Å². The Hall–Kier alpha value is -3.06. The first-order valence-corrected chi connectivity index (χ1v) is 9.51. The number of hydrogen-bond donors (Lipinski definition) is 2. The van der Waals surface area contributed by atoms with Crippen molar-refractivity contribution in [3.63, 3.8) is 0 Å². The van der Waals surface area contributed by atoms with Gasteiger partial charge >= 0.3 is 6.03 Å². The molecule has 29 heavy (non-hydrogen) atoms. The highest BCUT2D eigenvalue weighted by Crippen LogP contribution is 2.24. The number of carbonyl (C=O) groups excluding carboxylic acids is 3.